The molecule has 3 N–H and O–H groups in total. The van der Waals surface area contributed by atoms with E-state index in [0.29, 0.717) is 13.1 Å². The molecule has 0 spiro atoms. The van der Waals surface area contributed by atoms with Crippen LogP contribution >= 0.6 is 0 Å². The van der Waals surface area contributed by atoms with Crippen LogP contribution in [-0.2, 0) is 14.9 Å². The second kappa shape index (κ2) is 10.1. The first kappa shape index (κ1) is 21.9. The first-order valence-corrected chi connectivity index (χ1v) is 10.2. The second-order valence-corrected chi connectivity index (χ2v) is 7.87. The molecule has 1 aliphatic heterocycles. The lowest BCUT2D eigenvalue weighted by Gasteiger charge is -2.34. The molecule has 0 aromatic rings. The van der Waals surface area contributed by atoms with Crippen molar-refractivity contribution in [1.82, 2.24) is 0 Å². The van der Waals surface area contributed by atoms with Crippen LogP contribution in [0.25, 0.3) is 0 Å². The lowest BCUT2D eigenvalue weighted by atomic mass is 10.1. The minimum atomic E-state index is -4.33. The van der Waals surface area contributed by atoms with E-state index in [0.717, 1.165) is 25.7 Å². The fourth-order valence-corrected chi connectivity index (χ4v) is 3.66. The van der Waals surface area contributed by atoms with Crippen LogP contribution in [0.15, 0.2) is 17.1 Å². The quantitative estimate of drug-likeness (QED) is 0.193. The highest BCUT2D eigenvalue weighted by atomic mass is 32.2. The van der Waals surface area contributed by atoms with Crippen molar-refractivity contribution < 1.29 is 32.5 Å². The Balaban J connectivity index is 2.83. The van der Waals surface area contributed by atoms with E-state index >= 15 is 0 Å². The molecule has 0 aliphatic carbocycles. The average Bonchev–Trinajstić information content (AvgIpc) is 2.88. The first-order valence-electron chi connectivity index (χ1n) is 8.60. The smallest absolute Gasteiger partial charge is 0.271 e. The SMILES string of the molecule is CCCCC/C=C/C(=O)C1=NCC[N+]1(CCO)CC(O)CS(=O)(=O)O. The van der Waals surface area contributed by atoms with Gasteiger partial charge in [0, 0.05) is 0 Å². The molecule has 0 aromatic heterocycles. The highest BCUT2D eigenvalue weighted by molar-refractivity contribution is 7.85. The molecular weight excluding hydrogens is 348 g/mol. The molecule has 0 amide bonds. The zero-order valence-corrected chi connectivity index (χ0v) is 15.5. The molecule has 0 radical (unpaired) electrons. The number of ketones is 1. The summed E-state index contributed by atoms with van der Waals surface area (Å²) in [5, 5.41) is 19.3. The van der Waals surface area contributed by atoms with Crippen molar-refractivity contribution in [3.05, 3.63) is 12.2 Å². The number of hydrogen-bond donors (Lipinski definition) is 3. The Labute approximate surface area is 149 Å². The van der Waals surface area contributed by atoms with Crippen molar-refractivity contribution in [3.63, 3.8) is 0 Å². The number of unbranched alkanes of at least 4 members (excludes halogenated alkanes) is 3. The zero-order chi connectivity index (χ0) is 18.9. The predicted molar refractivity (Wildman–Crippen MR) is 95.0 cm³/mol. The van der Waals surface area contributed by atoms with Crippen molar-refractivity contribution >= 4 is 21.7 Å². The van der Waals surface area contributed by atoms with Crippen LogP contribution in [0.3, 0.4) is 0 Å². The number of carbonyl (C=O) groups excluding carboxylic acids is 1. The molecule has 2 atom stereocenters. The van der Waals surface area contributed by atoms with Gasteiger partial charge in [-0.3, -0.25) is 13.8 Å². The van der Waals surface area contributed by atoms with Gasteiger partial charge in [-0.05, 0) is 18.9 Å². The van der Waals surface area contributed by atoms with Crippen LogP contribution in [0.1, 0.15) is 32.6 Å². The Morgan fingerprint density at radius 3 is 2.72 bits per heavy atom. The lowest BCUT2D eigenvalue weighted by molar-refractivity contribution is -0.837. The largest absolute Gasteiger partial charge is 0.390 e. The zero-order valence-electron chi connectivity index (χ0n) is 14.7. The van der Waals surface area contributed by atoms with Crippen LogP contribution in [0.4, 0.5) is 0 Å². The maximum atomic E-state index is 12.5. The van der Waals surface area contributed by atoms with Crippen molar-refractivity contribution in [2.75, 3.05) is 38.5 Å². The molecule has 8 nitrogen and oxygen atoms in total. The Hall–Kier alpha value is -1.13. The molecule has 0 fully saturated rings. The number of nitrogens with zero attached hydrogens (tertiary/aromatic N) is 2. The van der Waals surface area contributed by atoms with Crippen LogP contribution in [0.5, 0.6) is 0 Å². The number of carbonyl (C=O) groups is 1. The van der Waals surface area contributed by atoms with Gasteiger partial charge >= 0.3 is 0 Å². The summed E-state index contributed by atoms with van der Waals surface area (Å²) in [6.07, 6.45) is 5.86. The summed E-state index contributed by atoms with van der Waals surface area (Å²) >= 11 is 0. The van der Waals surface area contributed by atoms with Crippen LogP contribution in [0.2, 0.25) is 0 Å². The summed E-state index contributed by atoms with van der Waals surface area (Å²) < 4.78 is 30.7. The molecule has 9 heteroatoms. The summed E-state index contributed by atoms with van der Waals surface area (Å²) in [6, 6.07) is 0. The average molecular weight is 377 g/mol. The Morgan fingerprint density at radius 1 is 1.40 bits per heavy atom. The van der Waals surface area contributed by atoms with E-state index in [1.807, 2.05) is 0 Å². The van der Waals surface area contributed by atoms with Gasteiger partial charge < -0.3 is 10.2 Å². The van der Waals surface area contributed by atoms with Crippen LogP contribution < -0.4 is 0 Å². The van der Waals surface area contributed by atoms with Gasteiger partial charge in [-0.1, -0.05) is 25.8 Å². The maximum Gasteiger partial charge on any atom is 0.271 e. The Bertz CT molecular complexity index is 602. The van der Waals surface area contributed by atoms with Crippen molar-refractivity contribution in [3.8, 4) is 0 Å². The number of hydrogen-bond acceptors (Lipinski definition) is 6. The fourth-order valence-electron chi connectivity index (χ4n) is 3.07. The molecule has 0 bridgehead atoms. The maximum absolute atomic E-state index is 12.5. The monoisotopic (exact) mass is 377 g/mol. The van der Waals surface area contributed by atoms with Gasteiger partial charge in [-0.15, -0.1) is 0 Å². The number of allylic oxidation sites excluding steroid dienone is 1. The highest BCUT2D eigenvalue weighted by Crippen LogP contribution is 2.18. The summed E-state index contributed by atoms with van der Waals surface area (Å²) in [4.78, 5) is 16.7. The highest BCUT2D eigenvalue weighted by Gasteiger charge is 2.43. The summed E-state index contributed by atoms with van der Waals surface area (Å²) in [5.74, 6) is -0.885. The topological polar surface area (TPSA) is 124 Å². The third-order valence-corrected chi connectivity index (χ3v) is 5.00. The molecule has 1 aliphatic rings. The summed E-state index contributed by atoms with van der Waals surface area (Å²) in [7, 11) is -4.33. The van der Waals surface area contributed by atoms with Crippen LogP contribution in [-0.4, -0.2) is 83.9 Å². The predicted octanol–water partition coefficient (Wildman–Crippen LogP) is 0.162. The van der Waals surface area contributed by atoms with E-state index in [1.54, 1.807) is 6.08 Å². The molecule has 25 heavy (non-hydrogen) atoms. The standard InChI is InChI=1S/C16H28N2O6S/c1-2-3-4-5-6-7-15(21)16-17-8-9-18(16,10-11-19)12-14(20)13-25(22,23)24/h6-7,14,19-20H,2-5,8-13H2,1H3/p+1/b7-6+. The third-order valence-electron chi connectivity index (χ3n) is 4.19. The number of amidine groups is 1. The summed E-state index contributed by atoms with van der Waals surface area (Å²) in [5.41, 5.74) is 0. The number of rotatable bonds is 12. The van der Waals surface area contributed by atoms with Gasteiger partial charge in [-0.2, -0.15) is 8.42 Å². The van der Waals surface area contributed by atoms with Crippen molar-refractivity contribution in [1.29, 1.82) is 0 Å². The van der Waals surface area contributed by atoms with Gasteiger partial charge in [-0.25, -0.2) is 4.99 Å². The molecule has 1 rings (SSSR count). The van der Waals surface area contributed by atoms with E-state index in [4.69, 9.17) is 4.55 Å². The molecule has 1 heterocycles. The van der Waals surface area contributed by atoms with Gasteiger partial charge in [0.15, 0.2) is 0 Å². The van der Waals surface area contributed by atoms with E-state index in [9.17, 15) is 23.4 Å². The molecule has 0 saturated carbocycles. The molecule has 0 saturated heterocycles. The minimum absolute atomic E-state index is 0.0781. The number of aliphatic imine (C=N–C) groups is 1. The molecular formula is C16H29N2O6S+. The van der Waals surface area contributed by atoms with Gasteiger partial charge in [0.05, 0.1) is 13.2 Å². The molecule has 144 valence electrons. The van der Waals surface area contributed by atoms with E-state index in [-0.39, 0.29) is 35.8 Å². The van der Waals surface area contributed by atoms with E-state index in [2.05, 4.69) is 11.9 Å². The van der Waals surface area contributed by atoms with Gasteiger partial charge in [0.25, 0.3) is 21.7 Å². The third kappa shape index (κ3) is 7.33. The number of quaternary nitrogens is 1. The Morgan fingerprint density at radius 2 is 2.12 bits per heavy atom. The molecule has 2 unspecified atom stereocenters. The summed E-state index contributed by atoms with van der Waals surface area (Å²) in [6.45, 7) is 2.68. The molecule has 0 aromatic carbocycles. The minimum Gasteiger partial charge on any atom is -0.390 e. The van der Waals surface area contributed by atoms with Gasteiger partial charge in [0.2, 0.25) is 0 Å². The first-order chi connectivity index (χ1) is 11.7. The van der Waals surface area contributed by atoms with Crippen LogP contribution in [0, 0.1) is 0 Å². The number of aliphatic hydroxyl groups excluding tert-OH is 2. The van der Waals surface area contributed by atoms with Crippen molar-refractivity contribution in [2.24, 2.45) is 4.99 Å². The van der Waals surface area contributed by atoms with E-state index in [1.165, 1.54) is 6.08 Å². The normalized spacial score (nSPS) is 22.3. The second-order valence-electron chi connectivity index (χ2n) is 6.37. The van der Waals surface area contributed by atoms with E-state index < -0.39 is 22.0 Å². The lowest BCUT2D eigenvalue weighted by Crippen LogP contribution is -2.58. The van der Waals surface area contributed by atoms with Crippen molar-refractivity contribution in [2.45, 2.75) is 38.7 Å². The number of aliphatic hydroxyl groups is 2. The fraction of sp³-hybridized carbons (Fsp3) is 0.750. The van der Waals surface area contributed by atoms with Gasteiger partial charge in [0.1, 0.15) is 31.5 Å². The Kier molecular flexibility index (Phi) is 8.87.